The Labute approximate surface area is 169 Å². The van der Waals surface area contributed by atoms with Gasteiger partial charge in [-0.3, -0.25) is 9.81 Å². The molecule has 0 aliphatic carbocycles. The summed E-state index contributed by atoms with van der Waals surface area (Å²) >= 11 is 0. The van der Waals surface area contributed by atoms with Crippen LogP contribution in [0.3, 0.4) is 0 Å². The summed E-state index contributed by atoms with van der Waals surface area (Å²) in [6, 6.07) is 19.5. The van der Waals surface area contributed by atoms with Gasteiger partial charge in [0.1, 0.15) is 11.9 Å². The number of para-hydroxylation sites is 4. The van der Waals surface area contributed by atoms with E-state index in [1.807, 2.05) is 65.9 Å². The lowest BCUT2D eigenvalue weighted by Crippen LogP contribution is -2.07. The minimum Gasteiger partial charge on any atom is -0.421 e. The molecule has 0 radical (unpaired) electrons. The summed E-state index contributed by atoms with van der Waals surface area (Å²) in [5.74, 6) is 0.556. The number of H-pyrrole nitrogens is 1. The zero-order valence-corrected chi connectivity index (χ0v) is 15.9. The highest BCUT2D eigenvalue weighted by atomic mass is 16.3. The Morgan fingerprint density at radius 2 is 1.83 bits per heavy atom. The van der Waals surface area contributed by atoms with Crippen molar-refractivity contribution < 1.29 is 4.42 Å². The van der Waals surface area contributed by atoms with Crippen LogP contribution in [0.25, 0.3) is 50.2 Å². The number of rotatable bonds is 1. The van der Waals surface area contributed by atoms with Crippen LogP contribution in [0.4, 0.5) is 0 Å². The quantitative estimate of drug-likeness (QED) is 0.433. The van der Waals surface area contributed by atoms with Crippen LogP contribution >= 0.6 is 0 Å². The van der Waals surface area contributed by atoms with Gasteiger partial charge in [-0.15, -0.1) is 0 Å². The summed E-state index contributed by atoms with van der Waals surface area (Å²) in [6.45, 7) is 1.88. The Kier molecular flexibility index (Phi) is 3.18. The van der Waals surface area contributed by atoms with Gasteiger partial charge in [0.25, 0.3) is 0 Å². The van der Waals surface area contributed by atoms with E-state index in [9.17, 15) is 5.26 Å². The van der Waals surface area contributed by atoms with E-state index in [2.05, 4.69) is 21.0 Å². The van der Waals surface area contributed by atoms with Gasteiger partial charge in [0, 0.05) is 5.39 Å². The summed E-state index contributed by atoms with van der Waals surface area (Å²) in [6.07, 6.45) is 0. The van der Waals surface area contributed by atoms with Crippen molar-refractivity contribution in [3.8, 4) is 17.5 Å². The number of aryl methyl sites for hydroxylation is 1. The number of nitrogens with one attached hydrogen (secondary N) is 2. The molecular weight excluding hydrogens is 376 g/mol. The summed E-state index contributed by atoms with van der Waals surface area (Å²) in [5, 5.41) is 19.1. The molecule has 142 valence electrons. The number of benzene rings is 2. The second-order valence-electron chi connectivity index (χ2n) is 7.18. The van der Waals surface area contributed by atoms with Crippen LogP contribution in [-0.4, -0.2) is 19.4 Å². The van der Waals surface area contributed by atoms with Gasteiger partial charge in [-0.05, 0) is 42.8 Å². The topological polar surface area (TPSA) is 107 Å². The van der Waals surface area contributed by atoms with Crippen LogP contribution in [-0.2, 0) is 0 Å². The van der Waals surface area contributed by atoms with Gasteiger partial charge in [0.05, 0.1) is 33.2 Å². The first-order chi connectivity index (χ1) is 14.7. The molecule has 0 aliphatic heterocycles. The van der Waals surface area contributed by atoms with Gasteiger partial charge in [0.2, 0.25) is 11.3 Å². The van der Waals surface area contributed by atoms with Crippen LogP contribution in [0, 0.1) is 23.7 Å². The lowest BCUT2D eigenvalue weighted by atomic mass is 10.1. The minimum atomic E-state index is -0.00950. The number of nitrogens with zero attached hydrogens (tertiary/aromatic N) is 4. The predicted octanol–water partition coefficient (Wildman–Crippen LogP) is 4.44. The number of fused-ring (bicyclic) bond motifs is 6. The zero-order chi connectivity index (χ0) is 20.4. The molecule has 7 heteroatoms. The van der Waals surface area contributed by atoms with Crippen molar-refractivity contribution in [2.45, 2.75) is 6.92 Å². The summed E-state index contributed by atoms with van der Waals surface area (Å²) in [5.41, 5.74) is 6.09. The predicted molar refractivity (Wildman–Crippen MR) is 113 cm³/mol. The van der Waals surface area contributed by atoms with Crippen molar-refractivity contribution in [3.63, 3.8) is 0 Å². The maximum absolute atomic E-state index is 9.85. The van der Waals surface area contributed by atoms with Gasteiger partial charge in [-0.25, -0.2) is 9.97 Å². The lowest BCUT2D eigenvalue weighted by molar-refractivity contribution is 0.522. The molecule has 6 aromatic rings. The summed E-state index contributed by atoms with van der Waals surface area (Å²) < 4.78 is 7.84. The van der Waals surface area contributed by atoms with E-state index in [1.54, 1.807) is 0 Å². The molecule has 0 bridgehead atoms. The number of aromatic nitrogens is 4. The molecule has 0 atom stereocenters. The molecule has 0 saturated heterocycles. The average molecular weight is 390 g/mol. The highest BCUT2D eigenvalue weighted by Crippen LogP contribution is 2.30. The van der Waals surface area contributed by atoms with E-state index in [0.29, 0.717) is 28.3 Å². The van der Waals surface area contributed by atoms with Gasteiger partial charge in [-0.2, -0.15) is 5.26 Å². The first-order valence-electron chi connectivity index (χ1n) is 9.43. The molecule has 0 saturated carbocycles. The number of hydrogen-bond donors (Lipinski definition) is 2. The first-order valence-corrected chi connectivity index (χ1v) is 9.43. The highest BCUT2D eigenvalue weighted by molar-refractivity contribution is 5.94. The third kappa shape index (κ3) is 2.10. The molecule has 0 amide bonds. The van der Waals surface area contributed by atoms with Gasteiger partial charge >= 0.3 is 0 Å². The van der Waals surface area contributed by atoms with E-state index in [0.717, 1.165) is 33.0 Å². The van der Waals surface area contributed by atoms with Crippen LogP contribution < -0.4 is 5.55 Å². The third-order valence-corrected chi connectivity index (χ3v) is 5.49. The maximum atomic E-state index is 9.85. The fourth-order valence-electron chi connectivity index (χ4n) is 4.00. The monoisotopic (exact) mass is 390 g/mol. The van der Waals surface area contributed by atoms with Crippen molar-refractivity contribution >= 4 is 38.8 Å². The Hall–Kier alpha value is -4.44. The third-order valence-electron chi connectivity index (χ3n) is 5.49. The number of pyridine rings is 1. The fraction of sp³-hybridized carbons (Fsp3) is 0.0435. The fourth-order valence-corrected chi connectivity index (χ4v) is 4.00. The Morgan fingerprint density at radius 1 is 1.07 bits per heavy atom. The maximum Gasteiger partial charge on any atom is 0.225 e. The van der Waals surface area contributed by atoms with Crippen LogP contribution in [0.5, 0.6) is 0 Å². The first kappa shape index (κ1) is 16.5. The molecule has 30 heavy (non-hydrogen) atoms. The normalized spacial score (nSPS) is 11.6. The van der Waals surface area contributed by atoms with E-state index >= 15 is 0 Å². The van der Waals surface area contributed by atoms with Crippen molar-refractivity contribution in [3.05, 3.63) is 71.3 Å². The summed E-state index contributed by atoms with van der Waals surface area (Å²) in [7, 11) is 0. The van der Waals surface area contributed by atoms with Crippen LogP contribution in [0.1, 0.15) is 11.1 Å². The highest BCUT2D eigenvalue weighted by Gasteiger charge is 2.20. The largest absolute Gasteiger partial charge is 0.421 e. The second kappa shape index (κ2) is 5.78. The van der Waals surface area contributed by atoms with Crippen molar-refractivity contribution in [1.29, 1.82) is 10.7 Å². The van der Waals surface area contributed by atoms with E-state index in [4.69, 9.17) is 9.83 Å². The van der Waals surface area contributed by atoms with E-state index < -0.39 is 0 Å². The lowest BCUT2D eigenvalue weighted by Gasteiger charge is -2.09. The molecule has 0 spiro atoms. The number of aromatic amines is 1. The zero-order valence-electron chi connectivity index (χ0n) is 15.9. The number of hydrogen-bond acceptors (Lipinski definition) is 5. The molecule has 0 fully saturated rings. The molecular formula is C23H14N6O. The van der Waals surface area contributed by atoms with Crippen molar-refractivity contribution in [2.24, 2.45) is 0 Å². The van der Waals surface area contributed by atoms with Crippen LogP contribution in [0.15, 0.2) is 59.0 Å². The Balaban J connectivity index is 1.77. The average Bonchev–Trinajstić information content (AvgIpc) is 3.35. The van der Waals surface area contributed by atoms with E-state index in [1.165, 1.54) is 0 Å². The van der Waals surface area contributed by atoms with Gasteiger partial charge in [-0.1, -0.05) is 24.3 Å². The standard InChI is InChI=1S/C23H14N6O/c1-12-13-10-14(21-26-16-6-2-3-7-17(16)27-21)20(25)30-23(13)29-19-9-5-4-8-18(19)28-22(29)15(12)11-24/h2-10,25H,1H3,(H,26,27). The number of nitriles is 1. The summed E-state index contributed by atoms with van der Waals surface area (Å²) in [4.78, 5) is 12.5. The molecule has 7 nitrogen and oxygen atoms in total. The molecule has 0 aliphatic rings. The molecule has 2 N–H and O–H groups in total. The van der Waals surface area contributed by atoms with Crippen molar-refractivity contribution in [2.75, 3.05) is 0 Å². The van der Waals surface area contributed by atoms with Gasteiger partial charge < -0.3 is 9.40 Å². The van der Waals surface area contributed by atoms with Crippen LogP contribution in [0.2, 0.25) is 0 Å². The molecule has 6 rings (SSSR count). The molecule has 4 aromatic heterocycles. The van der Waals surface area contributed by atoms with Gasteiger partial charge in [0.15, 0.2) is 5.65 Å². The molecule has 4 heterocycles. The number of imidazole rings is 2. The minimum absolute atomic E-state index is 0.00950. The molecule has 2 aromatic carbocycles. The Morgan fingerprint density at radius 3 is 2.63 bits per heavy atom. The van der Waals surface area contributed by atoms with E-state index in [-0.39, 0.29) is 5.55 Å². The Bertz CT molecular complexity index is 1710. The molecule has 0 unspecified atom stereocenters. The van der Waals surface area contributed by atoms with Crippen molar-refractivity contribution in [1.82, 2.24) is 19.4 Å². The second-order valence-corrected chi connectivity index (χ2v) is 7.18. The SMILES string of the molecule is Cc1c(C#N)c2nc3ccccc3n2c2oc(=N)c(-c3nc4ccccc4[nH]3)cc12. The smallest absolute Gasteiger partial charge is 0.225 e.